The van der Waals surface area contributed by atoms with Crippen molar-refractivity contribution in [2.75, 3.05) is 30.9 Å². The molecule has 2 unspecified atom stereocenters. The van der Waals surface area contributed by atoms with Crippen LogP contribution < -0.4 is 15.5 Å². The van der Waals surface area contributed by atoms with Gasteiger partial charge in [0, 0.05) is 74.0 Å². The Kier molecular flexibility index (Phi) is 5.04. The molecule has 0 fully saturated rings. The Morgan fingerprint density at radius 2 is 1.97 bits per heavy atom. The summed E-state index contributed by atoms with van der Waals surface area (Å²) in [5, 5.41) is 7.37. The molecule has 0 bridgehead atoms. The van der Waals surface area contributed by atoms with Gasteiger partial charge in [0.25, 0.3) is 0 Å². The van der Waals surface area contributed by atoms with Crippen molar-refractivity contribution < 1.29 is 9.18 Å². The van der Waals surface area contributed by atoms with Gasteiger partial charge in [-0.15, -0.1) is 0 Å². The quantitative estimate of drug-likeness (QED) is 0.707. The topological polar surface area (TPSA) is 49.3 Å². The number of fused-ring (bicyclic) bond motifs is 3. The Morgan fingerprint density at radius 1 is 1.24 bits per heavy atom. The van der Waals surface area contributed by atoms with E-state index in [4.69, 9.17) is 0 Å². The van der Waals surface area contributed by atoms with Crippen LogP contribution in [0.3, 0.4) is 0 Å². The Labute approximate surface area is 170 Å². The van der Waals surface area contributed by atoms with Crippen LogP contribution in [0.15, 0.2) is 42.5 Å². The summed E-state index contributed by atoms with van der Waals surface area (Å²) in [6.07, 6.45) is 0. The lowest BCUT2D eigenvalue weighted by molar-refractivity contribution is -0.120. The van der Waals surface area contributed by atoms with Crippen molar-refractivity contribution in [1.29, 1.82) is 0 Å². The van der Waals surface area contributed by atoms with E-state index in [0.29, 0.717) is 6.54 Å². The molecule has 5 nitrogen and oxygen atoms in total. The van der Waals surface area contributed by atoms with Gasteiger partial charge in [0.1, 0.15) is 5.82 Å². The largest absolute Gasteiger partial charge is 0.378 e. The molecule has 2 atom stereocenters. The number of carbonyl (C=O) groups excluding carboxylic acids is 1. The summed E-state index contributed by atoms with van der Waals surface area (Å²) in [5.41, 5.74) is 5.07. The van der Waals surface area contributed by atoms with Gasteiger partial charge in [0.15, 0.2) is 0 Å². The summed E-state index contributed by atoms with van der Waals surface area (Å²) >= 11 is 0. The third-order valence-electron chi connectivity index (χ3n) is 6.02. The number of aryl methyl sites for hydroxylation is 1. The van der Waals surface area contributed by atoms with Crippen molar-refractivity contribution in [2.45, 2.75) is 19.4 Å². The summed E-state index contributed by atoms with van der Waals surface area (Å²) in [4.78, 5) is 15.0. The number of rotatable bonds is 4. The zero-order chi connectivity index (χ0) is 20.7. The fourth-order valence-electron chi connectivity index (χ4n) is 4.28. The molecule has 6 heteroatoms. The van der Waals surface area contributed by atoms with E-state index in [0.717, 1.165) is 40.1 Å². The Bertz CT molecular complexity index is 1050. The molecule has 2 N–H and O–H groups in total. The van der Waals surface area contributed by atoms with E-state index >= 15 is 0 Å². The van der Waals surface area contributed by atoms with Crippen molar-refractivity contribution in [1.82, 2.24) is 9.88 Å². The van der Waals surface area contributed by atoms with Gasteiger partial charge in [-0.3, -0.25) is 4.79 Å². The molecule has 0 spiro atoms. The fourth-order valence-corrected chi connectivity index (χ4v) is 4.28. The molecule has 2 heterocycles. The maximum Gasteiger partial charge on any atom is 0.227 e. The highest BCUT2D eigenvalue weighted by Crippen LogP contribution is 2.38. The first-order valence-corrected chi connectivity index (χ1v) is 9.92. The maximum atomic E-state index is 14.0. The number of anilines is 2. The van der Waals surface area contributed by atoms with Crippen LogP contribution in [0.4, 0.5) is 15.8 Å². The summed E-state index contributed by atoms with van der Waals surface area (Å²) < 4.78 is 16.1. The highest BCUT2D eigenvalue weighted by atomic mass is 19.1. The van der Waals surface area contributed by atoms with Gasteiger partial charge in [-0.2, -0.15) is 0 Å². The van der Waals surface area contributed by atoms with Crippen LogP contribution in [0, 0.1) is 11.7 Å². The Morgan fingerprint density at radius 3 is 2.66 bits per heavy atom. The molecule has 1 amide bonds. The lowest BCUT2D eigenvalue weighted by Crippen LogP contribution is -2.36. The Balaban J connectivity index is 1.62. The van der Waals surface area contributed by atoms with Crippen LogP contribution in [-0.2, 0) is 18.4 Å². The minimum absolute atomic E-state index is 0.0229. The number of amides is 1. The number of nitrogens with one attached hydrogen (secondary N) is 2. The van der Waals surface area contributed by atoms with Crippen molar-refractivity contribution in [3.8, 4) is 0 Å². The van der Waals surface area contributed by atoms with Gasteiger partial charge in [-0.05, 0) is 48.0 Å². The minimum atomic E-state index is -0.260. The number of benzene rings is 2. The second kappa shape index (κ2) is 7.52. The first-order chi connectivity index (χ1) is 13.9. The van der Waals surface area contributed by atoms with Crippen molar-refractivity contribution in [2.24, 2.45) is 13.0 Å². The monoisotopic (exact) mass is 394 g/mol. The first-order valence-electron chi connectivity index (χ1n) is 9.92. The number of aromatic nitrogens is 1. The van der Waals surface area contributed by atoms with E-state index in [9.17, 15) is 9.18 Å². The Hall–Kier alpha value is -2.86. The molecule has 4 rings (SSSR count). The standard InChI is InChI=1S/C23H27FN4O/c1-14(23(29)26-16-6-8-17(9-7-16)27(2)3)19-12-25-13-21-22(19)18-11-15(24)5-10-20(18)28(21)4/h5-11,14,19,25H,12-13H2,1-4H3,(H,26,29). The molecule has 0 saturated carbocycles. The third kappa shape index (κ3) is 3.49. The average molecular weight is 394 g/mol. The summed E-state index contributed by atoms with van der Waals surface area (Å²) in [7, 11) is 5.97. The molecule has 0 radical (unpaired) electrons. The predicted molar refractivity (Wildman–Crippen MR) is 116 cm³/mol. The summed E-state index contributed by atoms with van der Waals surface area (Å²) in [5.74, 6) is -0.564. The molecular formula is C23H27FN4O. The van der Waals surface area contributed by atoms with Gasteiger partial charge in [-0.25, -0.2) is 4.39 Å². The van der Waals surface area contributed by atoms with E-state index < -0.39 is 0 Å². The molecule has 1 aromatic heterocycles. The van der Waals surface area contributed by atoms with Crippen LogP contribution >= 0.6 is 0 Å². The van der Waals surface area contributed by atoms with E-state index in [-0.39, 0.29) is 23.6 Å². The van der Waals surface area contributed by atoms with E-state index in [1.54, 1.807) is 6.07 Å². The number of hydrogen-bond donors (Lipinski definition) is 2. The zero-order valence-corrected chi connectivity index (χ0v) is 17.3. The summed E-state index contributed by atoms with van der Waals surface area (Å²) in [6.45, 7) is 3.36. The fraction of sp³-hybridized carbons (Fsp3) is 0.348. The van der Waals surface area contributed by atoms with Gasteiger partial charge in [-0.1, -0.05) is 6.92 Å². The molecule has 0 saturated heterocycles. The highest BCUT2D eigenvalue weighted by molar-refractivity contribution is 5.94. The van der Waals surface area contributed by atoms with Crippen molar-refractivity contribution in [3.05, 3.63) is 59.5 Å². The van der Waals surface area contributed by atoms with Crippen LogP contribution in [0.2, 0.25) is 0 Å². The van der Waals surface area contributed by atoms with Gasteiger partial charge >= 0.3 is 0 Å². The molecule has 1 aliphatic heterocycles. The van der Waals surface area contributed by atoms with E-state index in [2.05, 4.69) is 15.2 Å². The van der Waals surface area contributed by atoms with Gasteiger partial charge in [0.2, 0.25) is 5.91 Å². The maximum absolute atomic E-state index is 14.0. The smallest absolute Gasteiger partial charge is 0.227 e. The average Bonchev–Trinajstić information content (AvgIpc) is 2.99. The normalized spacial score (nSPS) is 17.1. The predicted octanol–water partition coefficient (Wildman–Crippen LogP) is 3.85. The first kappa shape index (κ1) is 19.5. The molecule has 0 aliphatic carbocycles. The third-order valence-corrected chi connectivity index (χ3v) is 6.02. The van der Waals surface area contributed by atoms with Crippen LogP contribution in [0.1, 0.15) is 24.1 Å². The summed E-state index contributed by atoms with van der Waals surface area (Å²) in [6, 6.07) is 12.7. The van der Waals surface area contributed by atoms with Crippen LogP contribution in [0.5, 0.6) is 0 Å². The molecule has 29 heavy (non-hydrogen) atoms. The van der Waals surface area contributed by atoms with Crippen molar-refractivity contribution >= 4 is 28.2 Å². The lowest BCUT2D eigenvalue weighted by atomic mass is 9.82. The van der Waals surface area contributed by atoms with E-state index in [1.165, 1.54) is 6.07 Å². The zero-order valence-electron chi connectivity index (χ0n) is 17.3. The molecule has 2 aromatic carbocycles. The van der Waals surface area contributed by atoms with Gasteiger partial charge in [0.05, 0.1) is 0 Å². The van der Waals surface area contributed by atoms with Crippen molar-refractivity contribution in [3.63, 3.8) is 0 Å². The van der Waals surface area contributed by atoms with E-state index in [1.807, 2.05) is 63.3 Å². The SMILES string of the molecule is CC(C(=O)Nc1ccc(N(C)C)cc1)C1CNCc2c1c1cc(F)ccc1n2C. The molecule has 152 valence electrons. The number of nitrogens with zero attached hydrogens (tertiary/aromatic N) is 2. The van der Waals surface area contributed by atoms with Gasteiger partial charge < -0.3 is 20.1 Å². The number of halogens is 1. The lowest BCUT2D eigenvalue weighted by Gasteiger charge is -2.29. The molecular weight excluding hydrogens is 367 g/mol. The molecule has 3 aromatic rings. The number of hydrogen-bond acceptors (Lipinski definition) is 3. The second-order valence-corrected chi connectivity index (χ2v) is 8.04. The minimum Gasteiger partial charge on any atom is -0.378 e. The van der Waals surface area contributed by atoms with Crippen LogP contribution in [0.25, 0.3) is 10.9 Å². The second-order valence-electron chi connectivity index (χ2n) is 8.04. The number of carbonyl (C=O) groups is 1. The highest BCUT2D eigenvalue weighted by Gasteiger charge is 2.33. The molecule has 1 aliphatic rings. The van der Waals surface area contributed by atoms with Crippen LogP contribution in [-0.4, -0.2) is 31.1 Å².